The van der Waals surface area contributed by atoms with E-state index >= 15 is 0 Å². The molecule has 4 rings (SSSR count). The van der Waals surface area contributed by atoms with Crippen molar-refractivity contribution in [2.24, 2.45) is 4.99 Å². The van der Waals surface area contributed by atoms with Crippen molar-refractivity contribution < 1.29 is 4.39 Å². The van der Waals surface area contributed by atoms with Crippen LogP contribution >= 0.6 is 0 Å². The molecule has 1 fully saturated rings. The van der Waals surface area contributed by atoms with Gasteiger partial charge in [0, 0.05) is 44.1 Å². The third-order valence-electron chi connectivity index (χ3n) is 5.45. The monoisotopic (exact) mass is 392 g/mol. The van der Waals surface area contributed by atoms with Crippen LogP contribution in [-0.4, -0.2) is 34.1 Å². The van der Waals surface area contributed by atoms with Crippen molar-refractivity contribution in [2.75, 3.05) is 13.6 Å². The highest BCUT2D eigenvalue weighted by atomic mass is 19.1. The lowest BCUT2D eigenvalue weighted by atomic mass is 9.96. The van der Waals surface area contributed by atoms with E-state index < -0.39 is 0 Å². The Labute approximate surface area is 169 Å². The Kier molecular flexibility index (Phi) is 5.29. The van der Waals surface area contributed by atoms with E-state index in [4.69, 9.17) is 0 Å². The zero-order chi connectivity index (χ0) is 20.3. The molecule has 0 spiro atoms. The van der Waals surface area contributed by atoms with Crippen LogP contribution in [0.2, 0.25) is 0 Å². The number of imidazole rings is 1. The highest BCUT2D eigenvalue weighted by Crippen LogP contribution is 2.47. The Bertz CT molecular complexity index is 1000. The van der Waals surface area contributed by atoms with Crippen molar-refractivity contribution in [3.63, 3.8) is 0 Å². The number of hydrogen-bond donors (Lipinski definition) is 2. The highest BCUT2D eigenvalue weighted by Gasteiger charge is 2.44. The summed E-state index contributed by atoms with van der Waals surface area (Å²) in [6.45, 7) is 3.29. The summed E-state index contributed by atoms with van der Waals surface area (Å²) in [5.74, 6) is 2.29. The molecule has 2 aromatic heterocycles. The van der Waals surface area contributed by atoms with Crippen LogP contribution in [0.25, 0.3) is 5.82 Å². The molecule has 1 aliphatic rings. The molecule has 1 aliphatic carbocycles. The van der Waals surface area contributed by atoms with Gasteiger partial charge in [-0.05, 0) is 49.1 Å². The summed E-state index contributed by atoms with van der Waals surface area (Å²) in [7, 11) is 1.75. The number of nitrogens with one attached hydrogen (secondary N) is 2. The average Bonchev–Trinajstić information content (AvgIpc) is 3.42. The zero-order valence-electron chi connectivity index (χ0n) is 16.7. The Balaban J connectivity index is 1.33. The summed E-state index contributed by atoms with van der Waals surface area (Å²) in [6, 6.07) is 10.9. The molecule has 1 aromatic carbocycles. The predicted octanol–water partition coefficient (Wildman–Crippen LogP) is 3.11. The standard InChI is InChI=1S/C22H25FN6/c1-16-25-10-11-29(16)20-7-6-17(13-26-20)14-27-21(24-2)28-15-22(8-9-22)18-4-3-5-19(23)12-18/h3-7,10-13H,8-9,14-15H2,1-2H3,(H2,24,27,28). The number of aliphatic imine (C=N–C) groups is 1. The lowest BCUT2D eigenvalue weighted by Gasteiger charge is -2.19. The fraction of sp³-hybridized carbons (Fsp3) is 0.318. The molecule has 3 aromatic rings. The maximum atomic E-state index is 13.6. The lowest BCUT2D eigenvalue weighted by molar-refractivity contribution is 0.607. The molecule has 6 nitrogen and oxygen atoms in total. The van der Waals surface area contributed by atoms with Crippen molar-refractivity contribution in [3.05, 3.63) is 77.8 Å². The van der Waals surface area contributed by atoms with E-state index in [2.05, 4.69) is 25.6 Å². The molecular weight excluding hydrogens is 367 g/mol. The minimum atomic E-state index is -0.182. The third kappa shape index (κ3) is 4.29. The second kappa shape index (κ2) is 8.03. The summed E-state index contributed by atoms with van der Waals surface area (Å²) in [5, 5.41) is 6.71. The number of hydrogen-bond acceptors (Lipinski definition) is 3. The summed E-state index contributed by atoms with van der Waals surface area (Å²) in [5.41, 5.74) is 2.11. The molecule has 0 atom stereocenters. The van der Waals surface area contributed by atoms with Gasteiger partial charge in [0.15, 0.2) is 5.96 Å². The highest BCUT2D eigenvalue weighted by molar-refractivity contribution is 5.79. The molecule has 1 saturated carbocycles. The predicted molar refractivity (Wildman–Crippen MR) is 112 cm³/mol. The average molecular weight is 392 g/mol. The fourth-order valence-electron chi connectivity index (χ4n) is 3.48. The van der Waals surface area contributed by atoms with E-state index in [0.29, 0.717) is 6.54 Å². The van der Waals surface area contributed by atoms with E-state index in [-0.39, 0.29) is 11.2 Å². The van der Waals surface area contributed by atoms with Crippen molar-refractivity contribution in [1.82, 2.24) is 25.2 Å². The number of pyridine rings is 1. The van der Waals surface area contributed by atoms with E-state index in [1.54, 1.807) is 25.4 Å². The van der Waals surface area contributed by atoms with Gasteiger partial charge < -0.3 is 10.6 Å². The largest absolute Gasteiger partial charge is 0.356 e. The van der Waals surface area contributed by atoms with Crippen molar-refractivity contribution in [2.45, 2.75) is 31.7 Å². The molecule has 0 saturated heterocycles. The molecular formula is C22H25FN6. The van der Waals surface area contributed by atoms with Crippen molar-refractivity contribution in [3.8, 4) is 5.82 Å². The normalized spacial score (nSPS) is 15.2. The van der Waals surface area contributed by atoms with Gasteiger partial charge in [-0.15, -0.1) is 0 Å². The molecule has 0 bridgehead atoms. The van der Waals surface area contributed by atoms with Gasteiger partial charge in [-0.1, -0.05) is 18.2 Å². The van der Waals surface area contributed by atoms with Gasteiger partial charge in [-0.25, -0.2) is 14.4 Å². The third-order valence-corrected chi connectivity index (χ3v) is 5.45. The molecule has 0 radical (unpaired) electrons. The second-order valence-corrected chi connectivity index (χ2v) is 7.44. The maximum Gasteiger partial charge on any atom is 0.191 e. The van der Waals surface area contributed by atoms with E-state index in [0.717, 1.165) is 48.1 Å². The Morgan fingerprint density at radius 3 is 2.69 bits per heavy atom. The molecule has 0 amide bonds. The first kappa shape index (κ1) is 19.1. The summed E-state index contributed by atoms with van der Waals surface area (Å²) >= 11 is 0. The van der Waals surface area contributed by atoms with Crippen LogP contribution in [0.1, 0.15) is 29.8 Å². The number of aromatic nitrogens is 3. The number of aryl methyl sites for hydroxylation is 1. The van der Waals surface area contributed by atoms with Crippen LogP contribution in [0.5, 0.6) is 0 Å². The van der Waals surface area contributed by atoms with Gasteiger partial charge in [0.1, 0.15) is 17.5 Å². The quantitative estimate of drug-likeness (QED) is 0.500. The van der Waals surface area contributed by atoms with Crippen LogP contribution in [0.15, 0.2) is 60.0 Å². The molecule has 0 unspecified atom stereocenters. The lowest BCUT2D eigenvalue weighted by Crippen LogP contribution is -2.40. The van der Waals surface area contributed by atoms with Crippen LogP contribution < -0.4 is 10.6 Å². The van der Waals surface area contributed by atoms with E-state index in [1.807, 2.05) is 42.1 Å². The van der Waals surface area contributed by atoms with Crippen LogP contribution in [0, 0.1) is 12.7 Å². The summed E-state index contributed by atoms with van der Waals surface area (Å²) in [4.78, 5) is 13.0. The summed E-state index contributed by atoms with van der Waals surface area (Å²) < 4.78 is 15.5. The molecule has 150 valence electrons. The van der Waals surface area contributed by atoms with E-state index in [9.17, 15) is 4.39 Å². The Hall–Kier alpha value is -3.22. The topological polar surface area (TPSA) is 67.1 Å². The fourth-order valence-corrected chi connectivity index (χ4v) is 3.48. The zero-order valence-corrected chi connectivity index (χ0v) is 16.7. The van der Waals surface area contributed by atoms with Gasteiger partial charge in [-0.3, -0.25) is 9.56 Å². The molecule has 29 heavy (non-hydrogen) atoms. The van der Waals surface area contributed by atoms with Gasteiger partial charge in [0.05, 0.1) is 0 Å². The molecule has 2 heterocycles. The Morgan fingerprint density at radius 1 is 1.21 bits per heavy atom. The van der Waals surface area contributed by atoms with Crippen LogP contribution in [0.4, 0.5) is 4.39 Å². The van der Waals surface area contributed by atoms with Gasteiger partial charge in [-0.2, -0.15) is 0 Å². The smallest absolute Gasteiger partial charge is 0.191 e. The minimum absolute atomic E-state index is 0.00554. The summed E-state index contributed by atoms with van der Waals surface area (Å²) in [6.07, 6.45) is 7.62. The maximum absolute atomic E-state index is 13.6. The number of rotatable bonds is 6. The van der Waals surface area contributed by atoms with Gasteiger partial charge >= 0.3 is 0 Å². The number of halogens is 1. The number of benzene rings is 1. The van der Waals surface area contributed by atoms with E-state index in [1.165, 1.54) is 6.07 Å². The minimum Gasteiger partial charge on any atom is -0.356 e. The first-order chi connectivity index (χ1) is 14.1. The van der Waals surface area contributed by atoms with Crippen molar-refractivity contribution >= 4 is 5.96 Å². The van der Waals surface area contributed by atoms with Crippen LogP contribution in [-0.2, 0) is 12.0 Å². The number of nitrogens with zero attached hydrogens (tertiary/aromatic N) is 4. The van der Waals surface area contributed by atoms with Gasteiger partial charge in [0.2, 0.25) is 0 Å². The molecule has 2 N–H and O–H groups in total. The first-order valence-electron chi connectivity index (χ1n) is 9.75. The van der Waals surface area contributed by atoms with Crippen molar-refractivity contribution in [1.29, 1.82) is 0 Å². The number of guanidine groups is 1. The van der Waals surface area contributed by atoms with Gasteiger partial charge in [0.25, 0.3) is 0 Å². The SMILES string of the molecule is CN=C(NCc1ccc(-n2ccnc2C)nc1)NCC1(c2cccc(F)c2)CC1. The second-order valence-electron chi connectivity index (χ2n) is 7.44. The Morgan fingerprint density at radius 2 is 2.07 bits per heavy atom. The first-order valence-corrected chi connectivity index (χ1v) is 9.75. The van der Waals surface area contributed by atoms with Crippen LogP contribution in [0.3, 0.4) is 0 Å². The molecule has 0 aliphatic heterocycles. The molecule has 7 heteroatoms.